The van der Waals surface area contributed by atoms with Crippen LogP contribution in [0.2, 0.25) is 0 Å². The van der Waals surface area contributed by atoms with Gasteiger partial charge in [0.15, 0.2) is 11.4 Å². The van der Waals surface area contributed by atoms with Crippen molar-refractivity contribution in [3.8, 4) is 40.3 Å². The van der Waals surface area contributed by atoms with E-state index in [1.165, 1.54) is 0 Å². The van der Waals surface area contributed by atoms with Crippen molar-refractivity contribution in [2.75, 3.05) is 0 Å². The van der Waals surface area contributed by atoms with Crippen LogP contribution in [0.25, 0.3) is 71.2 Å². The molecule has 56 heavy (non-hydrogen) atoms. The quantitative estimate of drug-likeness (QED) is 0.166. The Morgan fingerprint density at radius 3 is 2.29 bits per heavy atom. The second-order valence-electron chi connectivity index (χ2n) is 14.2. The normalized spacial score (nSPS) is 15.0. The molecule has 1 spiro atoms. The summed E-state index contributed by atoms with van der Waals surface area (Å²) in [6.07, 6.45) is 7.55. The third kappa shape index (κ3) is 3.76. The van der Waals surface area contributed by atoms with Crippen LogP contribution in [0.4, 0.5) is 5.69 Å². The smallest absolute Gasteiger partial charge is 0.188 e. The molecule has 0 fully saturated rings. The Hall–Kier alpha value is -8.07. The van der Waals surface area contributed by atoms with Crippen molar-refractivity contribution in [2.24, 2.45) is 0 Å². The van der Waals surface area contributed by atoms with Crippen molar-refractivity contribution in [3.05, 3.63) is 191 Å². The van der Waals surface area contributed by atoms with E-state index in [0.29, 0.717) is 17.0 Å². The number of aromatic nitrogens is 5. The number of para-hydroxylation sites is 3. The van der Waals surface area contributed by atoms with Crippen LogP contribution < -0.4 is 4.74 Å². The third-order valence-electron chi connectivity index (χ3n) is 11.6. The van der Waals surface area contributed by atoms with Gasteiger partial charge in [0.05, 0.1) is 80.8 Å². The summed E-state index contributed by atoms with van der Waals surface area (Å²) in [4.78, 5) is 18.5. The van der Waals surface area contributed by atoms with Gasteiger partial charge in [-0.2, -0.15) is 5.26 Å². The standard InChI is InChI=1S/C48H25N7O/c1-50-29-16-18-41-34(23-29)33-22-28(25-49)15-17-40(33)55(41)42-13-6-10-37-47(42)56-44-14-5-3-9-35(44)48(37)36-11-7-20-52-45(36)46-38(48)24-30(26-53-46)54-39-12-4-2-8-31(39)32-19-21-51-27-43(32)54/h2-24,26-27H. The first-order valence-electron chi connectivity index (χ1n) is 18.3. The first-order valence-corrected chi connectivity index (χ1v) is 18.3. The van der Waals surface area contributed by atoms with Crippen molar-refractivity contribution < 1.29 is 4.74 Å². The Kier molecular flexibility index (Phi) is 5.96. The number of hydrogen-bond donors (Lipinski definition) is 0. The van der Waals surface area contributed by atoms with E-state index >= 15 is 0 Å². The van der Waals surface area contributed by atoms with Gasteiger partial charge in [0, 0.05) is 45.2 Å². The molecule has 6 heterocycles. The number of benzene rings is 5. The monoisotopic (exact) mass is 715 g/mol. The molecule has 8 nitrogen and oxygen atoms in total. The lowest BCUT2D eigenvalue weighted by Crippen LogP contribution is -2.32. The van der Waals surface area contributed by atoms with Crippen molar-refractivity contribution in [2.45, 2.75) is 5.41 Å². The summed E-state index contributed by atoms with van der Waals surface area (Å²) in [7, 11) is 0. The summed E-state index contributed by atoms with van der Waals surface area (Å²) in [6, 6.07) is 45.3. The molecule has 1 aliphatic heterocycles. The summed E-state index contributed by atoms with van der Waals surface area (Å²) in [6.45, 7) is 7.75. The number of rotatable bonds is 2. The minimum atomic E-state index is -0.844. The van der Waals surface area contributed by atoms with Crippen LogP contribution in [-0.4, -0.2) is 24.1 Å². The molecule has 8 heteroatoms. The summed E-state index contributed by atoms with van der Waals surface area (Å²) < 4.78 is 11.5. The average Bonchev–Trinajstić information content (AvgIpc) is 3.87. The summed E-state index contributed by atoms with van der Waals surface area (Å²) in [5.41, 5.74) is 11.5. The molecule has 2 aliphatic rings. The molecule has 1 atom stereocenters. The van der Waals surface area contributed by atoms with Gasteiger partial charge in [0.2, 0.25) is 0 Å². The Morgan fingerprint density at radius 2 is 1.38 bits per heavy atom. The van der Waals surface area contributed by atoms with E-state index in [9.17, 15) is 5.26 Å². The fourth-order valence-electron chi connectivity index (χ4n) is 9.40. The Morgan fingerprint density at radius 1 is 0.607 bits per heavy atom. The highest BCUT2D eigenvalue weighted by Gasteiger charge is 2.53. The zero-order chi connectivity index (χ0) is 37.1. The fourth-order valence-corrected chi connectivity index (χ4v) is 9.40. The lowest BCUT2D eigenvalue weighted by atomic mass is 9.66. The molecule has 1 aliphatic carbocycles. The maximum atomic E-state index is 9.87. The topological polar surface area (TPSA) is 85.9 Å². The van der Waals surface area contributed by atoms with Gasteiger partial charge in [-0.05, 0) is 77.7 Å². The molecular weight excluding hydrogens is 691 g/mol. The zero-order valence-corrected chi connectivity index (χ0v) is 29.5. The van der Waals surface area contributed by atoms with E-state index in [0.717, 1.165) is 94.4 Å². The van der Waals surface area contributed by atoms with Crippen LogP contribution in [0.15, 0.2) is 152 Å². The number of nitrogens with zero attached hydrogens (tertiary/aromatic N) is 7. The van der Waals surface area contributed by atoms with Crippen LogP contribution in [0.3, 0.4) is 0 Å². The van der Waals surface area contributed by atoms with E-state index < -0.39 is 5.41 Å². The van der Waals surface area contributed by atoms with E-state index in [1.54, 1.807) is 0 Å². The Balaban J connectivity index is 1.20. The first kappa shape index (κ1) is 30.4. The van der Waals surface area contributed by atoms with E-state index in [-0.39, 0.29) is 0 Å². The number of hydrogen-bond acceptors (Lipinski definition) is 5. The molecule has 0 radical (unpaired) electrons. The SMILES string of the molecule is [C-]#[N+]c1ccc2c(c1)c1cc(C#N)ccc1n2-c1cccc2c1Oc1ccccc1C21c2cccnc2-c2ncc(-n3c4ccccc4c4ccncc43)cc21. The predicted molar refractivity (Wildman–Crippen MR) is 217 cm³/mol. The van der Waals surface area contributed by atoms with Gasteiger partial charge < -0.3 is 13.9 Å². The molecule has 0 amide bonds. The van der Waals surface area contributed by atoms with Gasteiger partial charge in [-0.25, -0.2) is 4.85 Å². The van der Waals surface area contributed by atoms with Crippen molar-refractivity contribution in [1.29, 1.82) is 5.26 Å². The minimum Gasteiger partial charge on any atom is -0.454 e. The van der Waals surface area contributed by atoms with Gasteiger partial charge in [0.1, 0.15) is 5.75 Å². The highest BCUT2D eigenvalue weighted by atomic mass is 16.5. The number of pyridine rings is 3. The molecule has 258 valence electrons. The van der Waals surface area contributed by atoms with Crippen molar-refractivity contribution in [3.63, 3.8) is 0 Å². The fraction of sp³-hybridized carbons (Fsp3) is 0.0208. The lowest BCUT2D eigenvalue weighted by Gasteiger charge is -2.39. The number of nitriles is 1. The molecule has 1 unspecified atom stereocenters. The Labute approximate surface area is 319 Å². The largest absolute Gasteiger partial charge is 0.454 e. The van der Waals surface area contributed by atoms with Gasteiger partial charge in [-0.3, -0.25) is 15.0 Å². The molecule has 0 saturated carbocycles. The molecular formula is C48H25N7O. The van der Waals surface area contributed by atoms with Gasteiger partial charge in [-0.15, -0.1) is 0 Å². The molecule has 0 saturated heterocycles. The van der Waals surface area contributed by atoms with Crippen LogP contribution in [0, 0.1) is 17.9 Å². The highest BCUT2D eigenvalue weighted by Crippen LogP contribution is 2.62. The summed E-state index contributed by atoms with van der Waals surface area (Å²) in [5, 5.41) is 13.9. The van der Waals surface area contributed by atoms with E-state index in [2.05, 4.69) is 97.8 Å². The number of ether oxygens (including phenoxy) is 1. The maximum absolute atomic E-state index is 9.87. The molecule has 10 aromatic rings. The van der Waals surface area contributed by atoms with Crippen molar-refractivity contribution >= 4 is 49.3 Å². The second kappa shape index (κ2) is 11.0. The third-order valence-corrected chi connectivity index (χ3v) is 11.6. The maximum Gasteiger partial charge on any atom is 0.188 e. The second-order valence-corrected chi connectivity index (χ2v) is 14.2. The van der Waals surface area contributed by atoms with Gasteiger partial charge >= 0.3 is 0 Å². The van der Waals surface area contributed by atoms with E-state index in [1.807, 2.05) is 79.4 Å². The number of fused-ring (bicyclic) bond motifs is 15. The van der Waals surface area contributed by atoms with Gasteiger partial charge in [-0.1, -0.05) is 60.7 Å². The predicted octanol–water partition coefficient (Wildman–Crippen LogP) is 11.0. The van der Waals surface area contributed by atoms with E-state index in [4.69, 9.17) is 21.3 Å². The molecule has 5 aromatic heterocycles. The van der Waals surface area contributed by atoms with Crippen LogP contribution in [0.5, 0.6) is 11.5 Å². The van der Waals surface area contributed by atoms with Crippen LogP contribution in [0.1, 0.15) is 27.8 Å². The van der Waals surface area contributed by atoms with Crippen LogP contribution in [-0.2, 0) is 5.41 Å². The van der Waals surface area contributed by atoms with Gasteiger partial charge in [0.25, 0.3) is 0 Å². The molecule has 5 aromatic carbocycles. The summed E-state index contributed by atoms with van der Waals surface area (Å²) >= 11 is 0. The molecule has 0 N–H and O–H groups in total. The minimum absolute atomic E-state index is 0.534. The van der Waals surface area contributed by atoms with Crippen LogP contribution >= 0.6 is 0 Å². The Bertz CT molecular complexity index is 3330. The molecule has 12 rings (SSSR count). The average molecular weight is 716 g/mol. The van der Waals surface area contributed by atoms with Crippen molar-refractivity contribution in [1.82, 2.24) is 24.1 Å². The highest BCUT2D eigenvalue weighted by molar-refractivity contribution is 6.11. The summed E-state index contributed by atoms with van der Waals surface area (Å²) in [5.74, 6) is 1.45. The zero-order valence-electron chi connectivity index (χ0n) is 29.5. The lowest BCUT2D eigenvalue weighted by molar-refractivity contribution is 0.434. The molecule has 0 bridgehead atoms. The first-order chi connectivity index (χ1) is 27.7.